The average Bonchev–Trinajstić information content (AvgIpc) is 2.17. The molecule has 1 rings (SSSR count). The second kappa shape index (κ2) is 5.91. The molecule has 0 aliphatic heterocycles. The van der Waals surface area contributed by atoms with E-state index < -0.39 is 0 Å². The van der Waals surface area contributed by atoms with E-state index in [4.69, 9.17) is 0 Å². The van der Waals surface area contributed by atoms with Crippen molar-refractivity contribution in [2.75, 3.05) is 6.54 Å². The number of rotatable bonds is 4. The smallest absolute Gasteiger partial charge is 0.251 e. The van der Waals surface area contributed by atoms with E-state index in [9.17, 15) is 4.79 Å². The highest BCUT2D eigenvalue weighted by molar-refractivity contribution is 9.09. The summed E-state index contributed by atoms with van der Waals surface area (Å²) in [5, 5.41) is 2.89. The number of carbonyl (C=O) groups excluding carboxylic acids is 1. The van der Waals surface area contributed by atoms with E-state index >= 15 is 0 Å². The first-order valence-electron chi connectivity index (χ1n) is 5.08. The standard InChI is InChI=1S/C12H16BrNO/c1-9-4-3-5-11(8-9)12(15)14-7-6-10(2)13/h3-5,8,10H,6-7H2,1-2H3,(H,14,15). The van der Waals surface area contributed by atoms with E-state index in [0.717, 1.165) is 17.5 Å². The van der Waals surface area contributed by atoms with Crippen LogP contribution in [-0.4, -0.2) is 17.3 Å². The molecule has 1 amide bonds. The first kappa shape index (κ1) is 12.2. The van der Waals surface area contributed by atoms with Crippen molar-refractivity contribution in [3.05, 3.63) is 35.4 Å². The fourth-order valence-electron chi connectivity index (χ4n) is 1.27. The fourth-order valence-corrected chi connectivity index (χ4v) is 1.50. The van der Waals surface area contributed by atoms with Crippen molar-refractivity contribution in [3.8, 4) is 0 Å². The Morgan fingerprint density at radius 3 is 2.87 bits per heavy atom. The normalized spacial score (nSPS) is 12.2. The summed E-state index contributed by atoms with van der Waals surface area (Å²) in [4.78, 5) is 12.1. The molecule has 1 aromatic carbocycles. The second-order valence-electron chi connectivity index (χ2n) is 3.69. The number of carbonyl (C=O) groups is 1. The molecular formula is C12H16BrNO. The van der Waals surface area contributed by atoms with Crippen molar-refractivity contribution in [2.24, 2.45) is 0 Å². The molecule has 1 aromatic rings. The van der Waals surface area contributed by atoms with Gasteiger partial charge >= 0.3 is 0 Å². The van der Waals surface area contributed by atoms with E-state index in [0.29, 0.717) is 11.4 Å². The van der Waals surface area contributed by atoms with Crippen LogP contribution < -0.4 is 5.32 Å². The Balaban J connectivity index is 2.47. The molecule has 0 saturated heterocycles. The van der Waals surface area contributed by atoms with Gasteiger partial charge in [-0.1, -0.05) is 40.5 Å². The van der Waals surface area contributed by atoms with Gasteiger partial charge in [0.1, 0.15) is 0 Å². The average molecular weight is 270 g/mol. The monoisotopic (exact) mass is 269 g/mol. The van der Waals surface area contributed by atoms with Crippen LogP contribution in [0.2, 0.25) is 0 Å². The molecule has 0 radical (unpaired) electrons. The molecule has 15 heavy (non-hydrogen) atoms. The highest BCUT2D eigenvalue weighted by Gasteiger charge is 2.04. The number of hydrogen-bond donors (Lipinski definition) is 1. The molecule has 0 heterocycles. The minimum absolute atomic E-state index is 0.00634. The zero-order valence-electron chi connectivity index (χ0n) is 9.09. The van der Waals surface area contributed by atoms with Crippen LogP contribution in [0.15, 0.2) is 24.3 Å². The van der Waals surface area contributed by atoms with Crippen LogP contribution in [0.25, 0.3) is 0 Å². The number of hydrogen-bond acceptors (Lipinski definition) is 1. The van der Waals surface area contributed by atoms with Crippen LogP contribution >= 0.6 is 15.9 Å². The van der Waals surface area contributed by atoms with Gasteiger partial charge in [0.25, 0.3) is 5.91 Å². The predicted molar refractivity (Wildman–Crippen MR) is 66.5 cm³/mol. The maximum Gasteiger partial charge on any atom is 0.251 e. The Kier molecular flexibility index (Phi) is 4.82. The first-order chi connectivity index (χ1) is 7.09. The fraction of sp³-hybridized carbons (Fsp3) is 0.417. The third kappa shape index (κ3) is 4.47. The summed E-state index contributed by atoms with van der Waals surface area (Å²) in [6, 6.07) is 7.61. The molecular weight excluding hydrogens is 254 g/mol. The summed E-state index contributed by atoms with van der Waals surface area (Å²) in [7, 11) is 0. The number of alkyl halides is 1. The lowest BCUT2D eigenvalue weighted by molar-refractivity contribution is 0.0953. The predicted octanol–water partition coefficient (Wildman–Crippen LogP) is 2.90. The van der Waals surface area contributed by atoms with Crippen molar-refractivity contribution in [1.82, 2.24) is 5.32 Å². The summed E-state index contributed by atoms with van der Waals surface area (Å²) < 4.78 is 0. The molecule has 0 bridgehead atoms. The van der Waals surface area contributed by atoms with Crippen LogP contribution in [0.4, 0.5) is 0 Å². The molecule has 1 unspecified atom stereocenters. The molecule has 1 atom stereocenters. The summed E-state index contributed by atoms with van der Waals surface area (Å²) >= 11 is 3.44. The van der Waals surface area contributed by atoms with Crippen LogP contribution in [-0.2, 0) is 0 Å². The Hall–Kier alpha value is -0.830. The van der Waals surface area contributed by atoms with Gasteiger partial charge in [-0.25, -0.2) is 0 Å². The summed E-state index contributed by atoms with van der Waals surface area (Å²) in [6.07, 6.45) is 0.942. The number of nitrogens with one attached hydrogen (secondary N) is 1. The molecule has 2 nitrogen and oxygen atoms in total. The van der Waals surface area contributed by atoms with Gasteiger partial charge in [0.15, 0.2) is 0 Å². The zero-order valence-corrected chi connectivity index (χ0v) is 10.7. The van der Waals surface area contributed by atoms with Gasteiger partial charge in [0.05, 0.1) is 0 Å². The van der Waals surface area contributed by atoms with Crippen molar-refractivity contribution in [1.29, 1.82) is 0 Å². The van der Waals surface area contributed by atoms with Gasteiger partial charge in [0.2, 0.25) is 0 Å². The number of aryl methyl sites for hydroxylation is 1. The summed E-state index contributed by atoms with van der Waals surface area (Å²) in [5.74, 6) is 0.00634. The molecule has 0 aromatic heterocycles. The molecule has 0 fully saturated rings. The van der Waals surface area contributed by atoms with Gasteiger partial charge in [-0.05, 0) is 25.5 Å². The van der Waals surface area contributed by atoms with Gasteiger partial charge in [-0.3, -0.25) is 4.79 Å². The Bertz CT molecular complexity index is 336. The molecule has 82 valence electrons. The van der Waals surface area contributed by atoms with E-state index in [1.807, 2.05) is 31.2 Å². The molecule has 0 aliphatic rings. The van der Waals surface area contributed by atoms with Gasteiger partial charge < -0.3 is 5.32 Å². The lowest BCUT2D eigenvalue weighted by Crippen LogP contribution is -2.25. The topological polar surface area (TPSA) is 29.1 Å². The third-order valence-corrected chi connectivity index (χ3v) is 2.57. The maximum absolute atomic E-state index is 11.7. The van der Waals surface area contributed by atoms with E-state index in [1.54, 1.807) is 0 Å². The van der Waals surface area contributed by atoms with Crippen LogP contribution in [0.5, 0.6) is 0 Å². The molecule has 0 saturated carbocycles. The third-order valence-electron chi connectivity index (χ3n) is 2.11. The molecule has 3 heteroatoms. The lowest BCUT2D eigenvalue weighted by Gasteiger charge is -2.06. The highest BCUT2D eigenvalue weighted by Crippen LogP contribution is 2.04. The molecule has 1 N–H and O–H groups in total. The van der Waals surface area contributed by atoms with Gasteiger partial charge in [-0.15, -0.1) is 0 Å². The number of benzene rings is 1. The summed E-state index contributed by atoms with van der Waals surface area (Å²) in [5.41, 5.74) is 1.84. The van der Waals surface area contributed by atoms with Crippen molar-refractivity contribution in [3.63, 3.8) is 0 Å². The van der Waals surface area contributed by atoms with Gasteiger partial charge in [0, 0.05) is 16.9 Å². The minimum atomic E-state index is 0.00634. The quantitative estimate of drug-likeness (QED) is 0.837. The highest BCUT2D eigenvalue weighted by atomic mass is 79.9. The van der Waals surface area contributed by atoms with E-state index in [1.165, 1.54) is 0 Å². The number of amides is 1. The van der Waals surface area contributed by atoms with Crippen molar-refractivity contribution in [2.45, 2.75) is 25.1 Å². The Morgan fingerprint density at radius 2 is 2.27 bits per heavy atom. The van der Waals surface area contributed by atoms with E-state index in [2.05, 4.69) is 28.2 Å². The Labute approximate surface area is 99.2 Å². The molecule has 0 aliphatic carbocycles. The van der Waals surface area contributed by atoms with Crippen LogP contribution in [0.1, 0.15) is 29.3 Å². The maximum atomic E-state index is 11.7. The van der Waals surface area contributed by atoms with Crippen molar-refractivity contribution >= 4 is 21.8 Å². The number of halogens is 1. The first-order valence-corrected chi connectivity index (χ1v) is 6.00. The Morgan fingerprint density at radius 1 is 1.53 bits per heavy atom. The summed E-state index contributed by atoms with van der Waals surface area (Å²) in [6.45, 7) is 4.76. The second-order valence-corrected chi connectivity index (χ2v) is 5.26. The van der Waals surface area contributed by atoms with Crippen LogP contribution in [0.3, 0.4) is 0 Å². The molecule has 0 spiro atoms. The minimum Gasteiger partial charge on any atom is -0.352 e. The zero-order chi connectivity index (χ0) is 11.3. The van der Waals surface area contributed by atoms with E-state index in [-0.39, 0.29) is 5.91 Å². The van der Waals surface area contributed by atoms with Crippen LogP contribution in [0, 0.1) is 6.92 Å². The van der Waals surface area contributed by atoms with Crippen molar-refractivity contribution < 1.29 is 4.79 Å². The SMILES string of the molecule is Cc1cccc(C(=O)NCCC(C)Br)c1. The largest absolute Gasteiger partial charge is 0.352 e. The lowest BCUT2D eigenvalue weighted by atomic mass is 10.1. The van der Waals surface area contributed by atoms with Gasteiger partial charge in [-0.2, -0.15) is 0 Å².